The van der Waals surface area contributed by atoms with Crippen molar-refractivity contribution in [1.29, 1.82) is 0 Å². The highest BCUT2D eigenvalue weighted by Crippen LogP contribution is 2.39. The van der Waals surface area contributed by atoms with Gasteiger partial charge in [0.25, 0.3) is 5.91 Å². The third-order valence-electron chi connectivity index (χ3n) is 4.85. The molecule has 0 unspecified atom stereocenters. The highest BCUT2D eigenvalue weighted by Gasteiger charge is 2.14. The van der Waals surface area contributed by atoms with Gasteiger partial charge in [-0.25, -0.2) is 0 Å². The van der Waals surface area contributed by atoms with Crippen LogP contribution in [0.4, 0.5) is 11.4 Å². The van der Waals surface area contributed by atoms with E-state index in [2.05, 4.69) is 27.4 Å². The molecule has 0 aliphatic carbocycles. The number of nitrogens with zero attached hydrogens (tertiary/aromatic N) is 2. The molecule has 0 aliphatic rings. The highest BCUT2D eigenvalue weighted by atomic mass is 35.5. The first-order valence-corrected chi connectivity index (χ1v) is 11.1. The summed E-state index contributed by atoms with van der Waals surface area (Å²) in [4.78, 5) is 19.1. The molecule has 0 bridgehead atoms. The molecule has 0 fully saturated rings. The minimum Gasteiger partial charge on any atom is -0.387 e. The summed E-state index contributed by atoms with van der Waals surface area (Å²) in [7, 11) is 5.80. The van der Waals surface area contributed by atoms with Gasteiger partial charge in [-0.1, -0.05) is 67.7 Å². The van der Waals surface area contributed by atoms with E-state index in [0.29, 0.717) is 15.7 Å². The molecular formula is C24H30Cl2N4O. The molecule has 0 saturated heterocycles. The Hall–Kier alpha value is -2.50. The number of anilines is 2. The molecule has 0 atom stereocenters. The van der Waals surface area contributed by atoms with E-state index in [1.807, 2.05) is 58.4 Å². The zero-order valence-electron chi connectivity index (χ0n) is 18.7. The van der Waals surface area contributed by atoms with Gasteiger partial charge in [0.15, 0.2) is 0 Å². The zero-order chi connectivity index (χ0) is 23.0. The van der Waals surface area contributed by atoms with Crippen LogP contribution >= 0.6 is 23.2 Å². The lowest BCUT2D eigenvalue weighted by Gasteiger charge is -2.19. The molecule has 2 aromatic carbocycles. The maximum Gasteiger partial charge on any atom is 0.266 e. The average Bonchev–Trinajstić information content (AvgIpc) is 2.75. The monoisotopic (exact) mass is 460 g/mol. The number of allylic oxidation sites excluding steroid dienone is 2. The second-order valence-electron chi connectivity index (χ2n) is 7.22. The van der Waals surface area contributed by atoms with Crippen LogP contribution in [-0.4, -0.2) is 38.2 Å². The fourth-order valence-corrected chi connectivity index (χ4v) is 3.90. The molecule has 7 heteroatoms. The van der Waals surface area contributed by atoms with Gasteiger partial charge in [-0.3, -0.25) is 9.79 Å². The lowest BCUT2D eigenvalue weighted by molar-refractivity contribution is -0.109. The average molecular weight is 461 g/mol. The number of carbonyl (C=O) groups excluding carboxylic acids is 1. The van der Waals surface area contributed by atoms with Crippen molar-refractivity contribution in [1.82, 2.24) is 4.90 Å². The number of nitrogens with one attached hydrogen (secondary N) is 2. The summed E-state index contributed by atoms with van der Waals surface area (Å²) in [6, 6.07) is 11.1. The maximum atomic E-state index is 12.6. The molecule has 0 aliphatic heterocycles. The Bertz CT molecular complexity index is 984. The van der Waals surface area contributed by atoms with Gasteiger partial charge in [0.05, 0.1) is 33.3 Å². The minimum absolute atomic E-state index is 0.338. The van der Waals surface area contributed by atoms with Crippen molar-refractivity contribution >= 4 is 46.7 Å². The second kappa shape index (κ2) is 11.8. The van der Waals surface area contributed by atoms with Crippen LogP contribution < -0.4 is 10.6 Å². The second-order valence-corrected chi connectivity index (χ2v) is 7.98. The first-order chi connectivity index (χ1) is 14.8. The predicted octanol–water partition coefficient (Wildman–Crippen LogP) is 6.69. The molecule has 0 saturated carbocycles. The van der Waals surface area contributed by atoms with Crippen molar-refractivity contribution in [2.24, 2.45) is 4.99 Å². The zero-order valence-corrected chi connectivity index (χ0v) is 20.2. The van der Waals surface area contributed by atoms with Gasteiger partial charge in [0.2, 0.25) is 0 Å². The molecule has 5 nitrogen and oxygen atoms in total. The molecule has 0 aromatic heterocycles. The molecule has 1 amide bonds. The molecule has 0 spiro atoms. The molecule has 2 rings (SSSR count). The summed E-state index contributed by atoms with van der Waals surface area (Å²) >= 11 is 13.1. The van der Waals surface area contributed by atoms with Gasteiger partial charge in [0, 0.05) is 38.0 Å². The van der Waals surface area contributed by atoms with Crippen molar-refractivity contribution in [2.45, 2.75) is 33.1 Å². The van der Waals surface area contributed by atoms with Gasteiger partial charge in [-0.15, -0.1) is 0 Å². The van der Waals surface area contributed by atoms with Crippen molar-refractivity contribution in [3.8, 4) is 11.1 Å². The number of amides is 1. The Morgan fingerprint density at radius 2 is 1.61 bits per heavy atom. The fraction of sp³-hybridized carbons (Fsp3) is 0.333. The summed E-state index contributed by atoms with van der Waals surface area (Å²) in [5.41, 5.74) is 4.87. The van der Waals surface area contributed by atoms with Crippen LogP contribution in [0.1, 0.15) is 33.1 Å². The van der Waals surface area contributed by atoms with Gasteiger partial charge in [-0.2, -0.15) is 0 Å². The third-order valence-corrected chi connectivity index (χ3v) is 5.66. The van der Waals surface area contributed by atoms with E-state index in [9.17, 15) is 4.79 Å². The van der Waals surface area contributed by atoms with E-state index in [1.54, 1.807) is 6.07 Å². The van der Waals surface area contributed by atoms with Crippen LogP contribution in [-0.2, 0) is 4.79 Å². The Kier molecular flexibility index (Phi) is 9.41. The first-order valence-electron chi connectivity index (χ1n) is 10.3. The van der Waals surface area contributed by atoms with E-state index >= 15 is 0 Å². The van der Waals surface area contributed by atoms with Gasteiger partial charge in [-0.05, 0) is 25.0 Å². The van der Waals surface area contributed by atoms with Crippen LogP contribution in [0, 0.1) is 0 Å². The molecule has 2 aromatic rings. The molecule has 31 heavy (non-hydrogen) atoms. The number of benzene rings is 2. The van der Waals surface area contributed by atoms with Crippen molar-refractivity contribution < 1.29 is 4.79 Å². The summed E-state index contributed by atoms with van der Waals surface area (Å²) in [6.07, 6.45) is 3.98. The number of aliphatic imine (C=N–C) groups is 1. The molecule has 166 valence electrons. The summed E-state index contributed by atoms with van der Waals surface area (Å²) in [6.45, 7) is 4.16. The topological polar surface area (TPSA) is 56.7 Å². The first kappa shape index (κ1) is 24.8. The number of hydrogen-bond donors (Lipinski definition) is 2. The van der Waals surface area contributed by atoms with Gasteiger partial charge < -0.3 is 15.5 Å². The smallest absolute Gasteiger partial charge is 0.266 e. The van der Waals surface area contributed by atoms with Crippen molar-refractivity contribution in [3.05, 3.63) is 57.8 Å². The summed E-state index contributed by atoms with van der Waals surface area (Å²) < 4.78 is 0. The highest BCUT2D eigenvalue weighted by molar-refractivity contribution is 6.40. The SMILES string of the molecule is CCC/C(=C(\CC)N=CC(=O)Nc1cccc(-c2cccc(NC)c2Cl)c1Cl)N(C)C. The summed E-state index contributed by atoms with van der Waals surface area (Å²) in [5, 5.41) is 6.89. The van der Waals surface area contributed by atoms with Crippen LogP contribution in [0.15, 0.2) is 52.8 Å². The molecule has 2 N–H and O–H groups in total. The lowest BCUT2D eigenvalue weighted by atomic mass is 10.0. The Balaban J connectivity index is 2.30. The number of halogens is 2. The Morgan fingerprint density at radius 3 is 2.13 bits per heavy atom. The van der Waals surface area contributed by atoms with Crippen LogP contribution in [0.3, 0.4) is 0 Å². The van der Waals surface area contributed by atoms with Crippen LogP contribution in [0.25, 0.3) is 11.1 Å². The van der Waals surface area contributed by atoms with E-state index in [4.69, 9.17) is 23.2 Å². The number of carbonyl (C=O) groups is 1. The van der Waals surface area contributed by atoms with E-state index < -0.39 is 0 Å². The van der Waals surface area contributed by atoms with Crippen molar-refractivity contribution in [2.75, 3.05) is 31.8 Å². The molecular weight excluding hydrogens is 431 g/mol. The fourth-order valence-electron chi connectivity index (χ4n) is 3.30. The number of rotatable bonds is 9. The Morgan fingerprint density at radius 1 is 1.03 bits per heavy atom. The maximum absolute atomic E-state index is 12.6. The number of hydrogen-bond acceptors (Lipinski definition) is 4. The van der Waals surface area contributed by atoms with Crippen molar-refractivity contribution in [3.63, 3.8) is 0 Å². The largest absolute Gasteiger partial charge is 0.387 e. The van der Waals surface area contributed by atoms with E-state index in [-0.39, 0.29) is 5.91 Å². The van der Waals surface area contributed by atoms with Gasteiger partial charge in [0.1, 0.15) is 0 Å². The standard InChI is InChI=1S/C24H30Cl2N4O/c1-6-10-21(30(4)5)18(7-2)28-15-22(31)29-20-14-9-12-17(24(20)26)16-11-8-13-19(27-3)23(16)25/h8-9,11-15,27H,6-7,10H2,1-5H3,(H,29,31)/b21-18-,28-15?. The van der Waals surface area contributed by atoms with Gasteiger partial charge >= 0.3 is 0 Å². The minimum atomic E-state index is -0.338. The lowest BCUT2D eigenvalue weighted by Crippen LogP contribution is -2.15. The van der Waals surface area contributed by atoms with Crippen LogP contribution in [0.2, 0.25) is 10.0 Å². The summed E-state index contributed by atoms with van der Waals surface area (Å²) in [5.74, 6) is -0.338. The molecule has 0 heterocycles. The third kappa shape index (κ3) is 6.25. The van der Waals surface area contributed by atoms with E-state index in [1.165, 1.54) is 6.21 Å². The predicted molar refractivity (Wildman–Crippen MR) is 134 cm³/mol. The Labute approximate surface area is 195 Å². The molecule has 0 radical (unpaired) electrons. The normalized spacial score (nSPS) is 12.0. The van der Waals surface area contributed by atoms with E-state index in [0.717, 1.165) is 47.5 Å². The van der Waals surface area contributed by atoms with Crippen LogP contribution in [0.5, 0.6) is 0 Å². The quantitative estimate of drug-likeness (QED) is 0.409.